The predicted octanol–water partition coefficient (Wildman–Crippen LogP) is 2.58. The standard InChI is InChI=1S/C9H7Cl2N3O/c1-15-7-4-2-6(3-5-7)14-8(10)12-13-9(14)11/h2-5H,1H3. The number of rotatable bonds is 2. The lowest BCUT2D eigenvalue weighted by molar-refractivity contribution is 0.414. The third kappa shape index (κ3) is 1.91. The second-order valence-corrected chi connectivity index (χ2v) is 3.45. The molecule has 15 heavy (non-hydrogen) atoms. The average molecular weight is 244 g/mol. The number of hydrogen-bond donors (Lipinski definition) is 0. The van der Waals surface area contributed by atoms with Crippen LogP contribution in [0, 0.1) is 0 Å². The van der Waals surface area contributed by atoms with Crippen LogP contribution in [0.15, 0.2) is 24.3 Å². The van der Waals surface area contributed by atoms with Crippen molar-refractivity contribution in [2.24, 2.45) is 0 Å². The zero-order valence-corrected chi connectivity index (χ0v) is 9.33. The van der Waals surface area contributed by atoms with Crippen LogP contribution in [0.2, 0.25) is 10.6 Å². The van der Waals surface area contributed by atoms with Crippen LogP contribution < -0.4 is 4.74 Å². The molecule has 0 radical (unpaired) electrons. The van der Waals surface area contributed by atoms with Crippen LogP contribution in [0.1, 0.15) is 0 Å². The molecule has 1 heterocycles. The lowest BCUT2D eigenvalue weighted by atomic mass is 10.3. The topological polar surface area (TPSA) is 39.9 Å². The lowest BCUT2D eigenvalue weighted by Crippen LogP contribution is -1.94. The Morgan fingerprint density at radius 3 is 2.07 bits per heavy atom. The fourth-order valence-corrected chi connectivity index (χ4v) is 1.67. The summed E-state index contributed by atoms with van der Waals surface area (Å²) >= 11 is 11.7. The Morgan fingerprint density at radius 2 is 1.60 bits per heavy atom. The number of nitrogens with zero attached hydrogens (tertiary/aromatic N) is 3. The molecule has 78 valence electrons. The monoisotopic (exact) mass is 243 g/mol. The number of ether oxygens (including phenoxy) is 1. The highest BCUT2D eigenvalue weighted by atomic mass is 35.5. The van der Waals surface area contributed by atoms with Crippen molar-refractivity contribution in [2.75, 3.05) is 7.11 Å². The molecule has 6 heteroatoms. The number of benzene rings is 1. The molecule has 2 rings (SSSR count). The van der Waals surface area contributed by atoms with E-state index in [2.05, 4.69) is 10.2 Å². The molecule has 0 saturated heterocycles. The SMILES string of the molecule is COc1ccc(-n2c(Cl)nnc2Cl)cc1. The van der Waals surface area contributed by atoms with E-state index in [4.69, 9.17) is 27.9 Å². The van der Waals surface area contributed by atoms with Crippen molar-refractivity contribution in [3.63, 3.8) is 0 Å². The minimum atomic E-state index is 0.227. The number of aromatic nitrogens is 3. The quantitative estimate of drug-likeness (QED) is 0.815. The average Bonchev–Trinajstić information content (AvgIpc) is 2.59. The van der Waals surface area contributed by atoms with E-state index in [0.717, 1.165) is 11.4 Å². The van der Waals surface area contributed by atoms with Gasteiger partial charge < -0.3 is 4.74 Å². The van der Waals surface area contributed by atoms with E-state index in [0.29, 0.717) is 0 Å². The predicted molar refractivity (Wildman–Crippen MR) is 57.9 cm³/mol. The van der Waals surface area contributed by atoms with Gasteiger partial charge in [0.05, 0.1) is 12.8 Å². The van der Waals surface area contributed by atoms with Crippen molar-refractivity contribution in [3.05, 3.63) is 34.8 Å². The first kappa shape index (κ1) is 10.3. The van der Waals surface area contributed by atoms with E-state index in [1.807, 2.05) is 24.3 Å². The fourth-order valence-electron chi connectivity index (χ4n) is 1.19. The van der Waals surface area contributed by atoms with Crippen molar-refractivity contribution in [1.82, 2.24) is 14.8 Å². The Hall–Kier alpha value is -1.26. The van der Waals surface area contributed by atoms with Crippen LogP contribution in [0.5, 0.6) is 5.75 Å². The first-order valence-corrected chi connectivity index (χ1v) is 4.89. The smallest absolute Gasteiger partial charge is 0.230 e. The molecule has 0 aliphatic carbocycles. The Labute approximate surface area is 96.4 Å². The zero-order valence-electron chi connectivity index (χ0n) is 7.82. The first-order chi connectivity index (χ1) is 7.22. The molecular formula is C9H7Cl2N3O. The molecule has 0 N–H and O–H groups in total. The molecule has 0 aliphatic heterocycles. The van der Waals surface area contributed by atoms with E-state index in [-0.39, 0.29) is 10.6 Å². The van der Waals surface area contributed by atoms with Crippen molar-refractivity contribution in [3.8, 4) is 11.4 Å². The summed E-state index contributed by atoms with van der Waals surface area (Å²) in [6.45, 7) is 0. The molecular weight excluding hydrogens is 237 g/mol. The minimum Gasteiger partial charge on any atom is -0.497 e. The van der Waals surface area contributed by atoms with Crippen molar-refractivity contribution in [2.45, 2.75) is 0 Å². The van der Waals surface area contributed by atoms with Crippen molar-refractivity contribution in [1.29, 1.82) is 0 Å². The van der Waals surface area contributed by atoms with Gasteiger partial charge in [-0.15, -0.1) is 10.2 Å². The summed E-state index contributed by atoms with van der Waals surface area (Å²) in [5.74, 6) is 0.763. The first-order valence-electron chi connectivity index (χ1n) is 4.13. The Kier molecular flexibility index (Phi) is 2.79. The van der Waals surface area contributed by atoms with Gasteiger partial charge in [0.15, 0.2) is 0 Å². The summed E-state index contributed by atoms with van der Waals surface area (Å²) in [5.41, 5.74) is 0.788. The summed E-state index contributed by atoms with van der Waals surface area (Å²) in [6.07, 6.45) is 0. The second kappa shape index (κ2) is 4.08. The van der Waals surface area contributed by atoms with Gasteiger partial charge in [0, 0.05) is 0 Å². The zero-order chi connectivity index (χ0) is 10.8. The maximum Gasteiger partial charge on any atom is 0.230 e. The normalized spacial score (nSPS) is 10.3. The summed E-state index contributed by atoms with van der Waals surface area (Å²) < 4.78 is 6.57. The second-order valence-electron chi connectivity index (χ2n) is 2.77. The van der Waals surface area contributed by atoms with Crippen LogP contribution in [-0.2, 0) is 0 Å². The highest BCUT2D eigenvalue weighted by Gasteiger charge is 2.09. The largest absolute Gasteiger partial charge is 0.497 e. The molecule has 0 bridgehead atoms. The van der Waals surface area contributed by atoms with Gasteiger partial charge in [0.2, 0.25) is 10.6 Å². The Morgan fingerprint density at radius 1 is 1.07 bits per heavy atom. The van der Waals surface area contributed by atoms with Gasteiger partial charge in [-0.05, 0) is 47.5 Å². The van der Waals surface area contributed by atoms with Gasteiger partial charge >= 0.3 is 0 Å². The summed E-state index contributed by atoms with van der Waals surface area (Å²) in [5, 5.41) is 7.75. The molecule has 2 aromatic rings. The van der Waals surface area contributed by atoms with Crippen LogP contribution in [0.4, 0.5) is 0 Å². The lowest BCUT2D eigenvalue weighted by Gasteiger charge is -2.05. The molecule has 0 saturated carbocycles. The highest BCUT2D eigenvalue weighted by molar-refractivity contribution is 6.32. The molecule has 0 atom stereocenters. The fraction of sp³-hybridized carbons (Fsp3) is 0.111. The third-order valence-corrected chi connectivity index (χ3v) is 2.40. The van der Waals surface area contributed by atoms with Crippen LogP contribution in [-0.4, -0.2) is 21.9 Å². The molecule has 4 nitrogen and oxygen atoms in total. The van der Waals surface area contributed by atoms with E-state index in [1.54, 1.807) is 7.11 Å². The van der Waals surface area contributed by atoms with Gasteiger partial charge in [-0.2, -0.15) is 0 Å². The molecule has 0 fully saturated rings. The van der Waals surface area contributed by atoms with E-state index < -0.39 is 0 Å². The maximum absolute atomic E-state index is 5.83. The van der Waals surface area contributed by atoms with Crippen LogP contribution >= 0.6 is 23.2 Å². The molecule has 0 spiro atoms. The Balaban J connectivity index is 2.45. The van der Waals surface area contributed by atoms with Gasteiger partial charge in [-0.1, -0.05) is 0 Å². The van der Waals surface area contributed by atoms with Crippen molar-refractivity contribution >= 4 is 23.2 Å². The summed E-state index contributed by atoms with van der Waals surface area (Å²) in [7, 11) is 1.60. The van der Waals surface area contributed by atoms with E-state index in [9.17, 15) is 0 Å². The highest BCUT2D eigenvalue weighted by Crippen LogP contribution is 2.21. The minimum absolute atomic E-state index is 0.227. The van der Waals surface area contributed by atoms with Gasteiger partial charge in [-0.25, -0.2) is 0 Å². The molecule has 1 aromatic heterocycles. The molecule has 0 amide bonds. The number of halogens is 2. The Bertz CT molecular complexity index is 447. The summed E-state index contributed by atoms with van der Waals surface area (Å²) in [6, 6.07) is 7.25. The molecule has 0 unspecified atom stereocenters. The molecule has 0 aliphatic rings. The number of methoxy groups -OCH3 is 1. The molecule has 1 aromatic carbocycles. The van der Waals surface area contributed by atoms with E-state index in [1.165, 1.54) is 4.57 Å². The van der Waals surface area contributed by atoms with Gasteiger partial charge in [-0.3, -0.25) is 4.57 Å². The van der Waals surface area contributed by atoms with Gasteiger partial charge in [0.1, 0.15) is 5.75 Å². The van der Waals surface area contributed by atoms with E-state index >= 15 is 0 Å². The van der Waals surface area contributed by atoms with Gasteiger partial charge in [0.25, 0.3) is 0 Å². The van der Waals surface area contributed by atoms with Crippen LogP contribution in [0.25, 0.3) is 5.69 Å². The maximum atomic E-state index is 5.83. The third-order valence-electron chi connectivity index (χ3n) is 1.91. The van der Waals surface area contributed by atoms with Crippen molar-refractivity contribution < 1.29 is 4.74 Å². The number of hydrogen-bond acceptors (Lipinski definition) is 3. The van der Waals surface area contributed by atoms with Crippen LogP contribution in [0.3, 0.4) is 0 Å². The summed E-state index contributed by atoms with van der Waals surface area (Å²) in [4.78, 5) is 0.